The monoisotopic (exact) mass is 498 g/mol. The Morgan fingerprint density at radius 2 is 2.03 bits per heavy atom. The minimum Gasteiger partial charge on any atom is -0.454 e. The van der Waals surface area contributed by atoms with Gasteiger partial charge in [0.25, 0.3) is 0 Å². The van der Waals surface area contributed by atoms with E-state index in [1.807, 2.05) is 29.3 Å². The third-order valence-electron chi connectivity index (χ3n) is 6.96. The summed E-state index contributed by atoms with van der Waals surface area (Å²) in [6, 6.07) is 5.92. The Hall–Kier alpha value is -2.36. The van der Waals surface area contributed by atoms with Crippen molar-refractivity contribution >= 4 is 17.7 Å². The van der Waals surface area contributed by atoms with Gasteiger partial charge in [0.05, 0.1) is 18.9 Å². The van der Waals surface area contributed by atoms with Gasteiger partial charge in [-0.25, -0.2) is 9.97 Å². The fraction of sp³-hybridized carbons (Fsp3) is 0.577. The van der Waals surface area contributed by atoms with Crippen LogP contribution in [0.3, 0.4) is 0 Å². The van der Waals surface area contributed by atoms with Crippen LogP contribution in [0.2, 0.25) is 0 Å². The second-order valence-electron chi connectivity index (χ2n) is 9.39. The summed E-state index contributed by atoms with van der Waals surface area (Å²) in [5.74, 6) is 2.99. The van der Waals surface area contributed by atoms with Gasteiger partial charge in [0.1, 0.15) is 0 Å². The standard InChI is InChI=1S/C26H34N4O4S/c1-19-16-27-26(35-14-11-29-9-12-32-13-10-29)28-25(19)21-3-2-8-30(17-21)24(31)7-5-20-4-6-22-23(15-20)34-18-33-22/h4,6,15-16,21H,2-3,5,7-14,17-18H2,1H3. The number of benzene rings is 1. The summed E-state index contributed by atoms with van der Waals surface area (Å²) in [6.07, 6.45) is 5.20. The van der Waals surface area contributed by atoms with Crippen molar-refractivity contribution in [3.05, 3.63) is 41.2 Å². The van der Waals surface area contributed by atoms with E-state index < -0.39 is 0 Å². The van der Waals surface area contributed by atoms with E-state index in [9.17, 15) is 4.79 Å². The highest BCUT2D eigenvalue weighted by Gasteiger charge is 2.27. The molecule has 1 aromatic carbocycles. The van der Waals surface area contributed by atoms with Crippen molar-refractivity contribution in [1.29, 1.82) is 0 Å². The maximum atomic E-state index is 13.0. The molecule has 0 aliphatic carbocycles. The maximum Gasteiger partial charge on any atom is 0.231 e. The van der Waals surface area contributed by atoms with Gasteiger partial charge in [0, 0.05) is 57.0 Å². The number of thioether (sulfide) groups is 1. The van der Waals surface area contributed by atoms with E-state index in [-0.39, 0.29) is 18.6 Å². The first-order valence-electron chi connectivity index (χ1n) is 12.6. The molecule has 2 aromatic rings. The van der Waals surface area contributed by atoms with Gasteiger partial charge >= 0.3 is 0 Å². The molecule has 3 aliphatic heterocycles. The molecule has 0 spiro atoms. The zero-order valence-corrected chi connectivity index (χ0v) is 21.2. The third-order valence-corrected chi connectivity index (χ3v) is 7.80. The molecule has 2 fully saturated rings. The number of carbonyl (C=O) groups excluding carboxylic acids is 1. The quantitative estimate of drug-likeness (QED) is 0.405. The first-order chi connectivity index (χ1) is 17.2. The molecule has 0 radical (unpaired) electrons. The van der Waals surface area contributed by atoms with Gasteiger partial charge < -0.3 is 19.1 Å². The zero-order valence-electron chi connectivity index (χ0n) is 20.4. The molecule has 1 aromatic heterocycles. The number of aryl methyl sites for hydroxylation is 2. The van der Waals surface area contributed by atoms with Crippen LogP contribution in [0, 0.1) is 6.92 Å². The van der Waals surface area contributed by atoms with E-state index in [4.69, 9.17) is 19.2 Å². The van der Waals surface area contributed by atoms with Gasteiger partial charge in [0.2, 0.25) is 12.7 Å². The Labute approximate surface area is 211 Å². The molecule has 0 N–H and O–H groups in total. The smallest absolute Gasteiger partial charge is 0.231 e. The maximum absolute atomic E-state index is 13.0. The van der Waals surface area contributed by atoms with Crippen LogP contribution in [0.25, 0.3) is 0 Å². The molecule has 0 saturated carbocycles. The third kappa shape index (κ3) is 6.26. The molecule has 188 valence electrons. The minimum absolute atomic E-state index is 0.208. The normalized spacial score (nSPS) is 20.3. The van der Waals surface area contributed by atoms with E-state index in [1.54, 1.807) is 11.8 Å². The lowest BCUT2D eigenvalue weighted by molar-refractivity contribution is -0.132. The van der Waals surface area contributed by atoms with Crippen LogP contribution in [-0.2, 0) is 16.0 Å². The van der Waals surface area contributed by atoms with Crippen molar-refractivity contribution in [1.82, 2.24) is 19.8 Å². The van der Waals surface area contributed by atoms with Crippen molar-refractivity contribution in [2.24, 2.45) is 0 Å². The number of rotatable bonds is 8. The van der Waals surface area contributed by atoms with Gasteiger partial charge in [0.15, 0.2) is 16.7 Å². The highest BCUT2D eigenvalue weighted by molar-refractivity contribution is 7.99. The molecule has 9 heteroatoms. The number of amides is 1. The average molecular weight is 499 g/mol. The summed E-state index contributed by atoms with van der Waals surface area (Å²) in [5, 5.41) is 0.838. The second kappa shape index (κ2) is 11.6. The average Bonchev–Trinajstić information content (AvgIpc) is 3.37. The lowest BCUT2D eigenvalue weighted by Crippen LogP contribution is -2.39. The zero-order chi connectivity index (χ0) is 24.0. The number of piperidine rings is 1. The first-order valence-corrected chi connectivity index (χ1v) is 13.6. The fourth-order valence-electron chi connectivity index (χ4n) is 4.94. The van der Waals surface area contributed by atoms with Gasteiger partial charge in [-0.05, 0) is 49.4 Å². The number of morpholine rings is 1. The molecule has 4 heterocycles. The molecule has 2 saturated heterocycles. The number of ether oxygens (including phenoxy) is 3. The van der Waals surface area contributed by atoms with E-state index in [0.29, 0.717) is 12.8 Å². The van der Waals surface area contributed by atoms with E-state index in [0.717, 1.165) is 98.0 Å². The Bertz CT molecular complexity index is 1030. The molecule has 1 amide bonds. The molecule has 0 bridgehead atoms. The van der Waals surface area contributed by atoms with Crippen LogP contribution in [0.4, 0.5) is 0 Å². The lowest BCUT2D eigenvalue weighted by atomic mass is 9.92. The predicted octanol–water partition coefficient (Wildman–Crippen LogP) is 3.28. The highest BCUT2D eigenvalue weighted by atomic mass is 32.2. The van der Waals surface area contributed by atoms with Crippen LogP contribution in [0.5, 0.6) is 11.5 Å². The number of fused-ring (bicyclic) bond motifs is 1. The van der Waals surface area contributed by atoms with Crippen molar-refractivity contribution in [2.45, 2.75) is 43.7 Å². The van der Waals surface area contributed by atoms with Crippen molar-refractivity contribution in [3.8, 4) is 11.5 Å². The summed E-state index contributed by atoms with van der Waals surface area (Å²) in [5.41, 5.74) is 3.31. The molecule has 5 rings (SSSR count). The molecular formula is C26H34N4O4S. The van der Waals surface area contributed by atoms with Gasteiger partial charge in [-0.3, -0.25) is 9.69 Å². The summed E-state index contributed by atoms with van der Waals surface area (Å²) in [6.45, 7) is 8.57. The first kappa shape index (κ1) is 24.3. The Balaban J connectivity index is 1.15. The van der Waals surface area contributed by atoms with E-state index in [2.05, 4.69) is 16.8 Å². The van der Waals surface area contributed by atoms with Gasteiger partial charge in [-0.15, -0.1) is 0 Å². The van der Waals surface area contributed by atoms with Crippen LogP contribution in [-0.4, -0.2) is 84.2 Å². The largest absolute Gasteiger partial charge is 0.454 e. The summed E-state index contributed by atoms with van der Waals surface area (Å²) >= 11 is 1.72. The van der Waals surface area contributed by atoms with Crippen LogP contribution in [0.15, 0.2) is 29.6 Å². The summed E-state index contributed by atoms with van der Waals surface area (Å²) in [7, 11) is 0. The SMILES string of the molecule is Cc1cnc(SCCN2CCOCC2)nc1C1CCCN(C(=O)CCc2ccc3c(c2)OCO3)C1. The molecular weight excluding hydrogens is 464 g/mol. The van der Waals surface area contributed by atoms with Crippen LogP contribution in [0.1, 0.15) is 42.0 Å². The number of hydrogen-bond acceptors (Lipinski definition) is 8. The number of likely N-dealkylation sites (tertiary alicyclic amines) is 1. The lowest BCUT2D eigenvalue weighted by Gasteiger charge is -2.33. The number of hydrogen-bond donors (Lipinski definition) is 0. The summed E-state index contributed by atoms with van der Waals surface area (Å²) < 4.78 is 16.3. The molecule has 8 nitrogen and oxygen atoms in total. The Morgan fingerprint density at radius 1 is 1.17 bits per heavy atom. The Kier molecular flexibility index (Phi) is 8.06. The van der Waals surface area contributed by atoms with Gasteiger partial charge in [-0.1, -0.05) is 17.8 Å². The van der Waals surface area contributed by atoms with Crippen LogP contribution >= 0.6 is 11.8 Å². The van der Waals surface area contributed by atoms with E-state index in [1.165, 1.54) is 0 Å². The van der Waals surface area contributed by atoms with Crippen molar-refractivity contribution in [2.75, 3.05) is 58.5 Å². The topological polar surface area (TPSA) is 77.0 Å². The number of carbonyl (C=O) groups is 1. The Morgan fingerprint density at radius 3 is 2.91 bits per heavy atom. The molecule has 35 heavy (non-hydrogen) atoms. The highest BCUT2D eigenvalue weighted by Crippen LogP contribution is 2.33. The van der Waals surface area contributed by atoms with Crippen LogP contribution < -0.4 is 9.47 Å². The number of nitrogens with zero attached hydrogens (tertiary/aromatic N) is 4. The van der Waals surface area contributed by atoms with Crippen molar-refractivity contribution < 1.29 is 19.0 Å². The summed E-state index contributed by atoms with van der Waals surface area (Å²) in [4.78, 5) is 27.0. The fourth-order valence-corrected chi connectivity index (χ4v) is 5.77. The second-order valence-corrected chi connectivity index (χ2v) is 10.5. The van der Waals surface area contributed by atoms with E-state index >= 15 is 0 Å². The van der Waals surface area contributed by atoms with Gasteiger partial charge in [-0.2, -0.15) is 0 Å². The van der Waals surface area contributed by atoms with Crippen molar-refractivity contribution in [3.63, 3.8) is 0 Å². The predicted molar refractivity (Wildman–Crippen MR) is 134 cm³/mol. The molecule has 1 unspecified atom stereocenters. The minimum atomic E-state index is 0.208. The number of aromatic nitrogens is 2. The molecule has 1 atom stereocenters. The molecule has 3 aliphatic rings.